The van der Waals surface area contributed by atoms with Gasteiger partial charge in [0.15, 0.2) is 11.7 Å². The van der Waals surface area contributed by atoms with Gasteiger partial charge in [-0.15, -0.1) is 0 Å². The first-order valence-corrected chi connectivity index (χ1v) is 12.7. The predicted molar refractivity (Wildman–Crippen MR) is 140 cm³/mol. The molecule has 8 nitrogen and oxygen atoms in total. The van der Waals surface area contributed by atoms with E-state index in [1.54, 1.807) is 18.6 Å². The molecule has 0 saturated heterocycles. The van der Waals surface area contributed by atoms with Crippen LogP contribution in [0.25, 0.3) is 28.2 Å². The molecule has 8 heteroatoms. The van der Waals surface area contributed by atoms with Gasteiger partial charge in [-0.05, 0) is 54.8 Å². The van der Waals surface area contributed by atoms with Crippen LogP contribution in [0.2, 0.25) is 0 Å². The number of benzene rings is 1. The van der Waals surface area contributed by atoms with Crippen molar-refractivity contribution in [2.45, 2.75) is 51.0 Å². The molecule has 37 heavy (non-hydrogen) atoms. The van der Waals surface area contributed by atoms with Gasteiger partial charge in [0.25, 0.3) is 0 Å². The van der Waals surface area contributed by atoms with Crippen LogP contribution in [-0.2, 0) is 16.0 Å². The highest BCUT2D eigenvalue weighted by Gasteiger charge is 2.52. The van der Waals surface area contributed by atoms with Gasteiger partial charge < -0.3 is 5.11 Å². The first-order valence-electron chi connectivity index (χ1n) is 12.7. The van der Waals surface area contributed by atoms with Gasteiger partial charge in [0.1, 0.15) is 17.1 Å². The number of Topliss-reactive ketones (excluding diaryl/α,β-unsaturated/α-hetero) is 1. The number of aliphatic carboxylic acids is 1. The van der Waals surface area contributed by atoms with Crippen molar-refractivity contribution in [1.29, 1.82) is 0 Å². The largest absolute Gasteiger partial charge is 0.480 e. The highest BCUT2D eigenvalue weighted by atomic mass is 16.4. The number of rotatable bonds is 6. The molecular formula is C29H27N5O3. The second-order valence-electron chi connectivity index (χ2n) is 9.90. The summed E-state index contributed by atoms with van der Waals surface area (Å²) < 4.78 is 1.98. The highest BCUT2D eigenvalue weighted by molar-refractivity contribution is 6.27. The van der Waals surface area contributed by atoms with Gasteiger partial charge in [-0.25, -0.2) is 14.8 Å². The Morgan fingerprint density at radius 1 is 1.05 bits per heavy atom. The van der Waals surface area contributed by atoms with Gasteiger partial charge in [0.05, 0.1) is 5.41 Å². The van der Waals surface area contributed by atoms with Crippen LogP contribution in [0, 0.1) is 5.41 Å². The number of aromatic nitrogens is 4. The summed E-state index contributed by atoms with van der Waals surface area (Å²) in [6.07, 6.45) is 10.5. The number of carboxylic acids is 1. The Morgan fingerprint density at radius 2 is 1.84 bits per heavy atom. The van der Waals surface area contributed by atoms with Gasteiger partial charge in [-0.2, -0.15) is 0 Å². The summed E-state index contributed by atoms with van der Waals surface area (Å²) in [5.74, 6) is -0.00706. The second-order valence-corrected chi connectivity index (χ2v) is 9.90. The molecule has 0 radical (unpaired) electrons. The van der Waals surface area contributed by atoms with E-state index in [2.05, 4.69) is 15.0 Å². The van der Waals surface area contributed by atoms with E-state index < -0.39 is 17.4 Å². The number of nitrogens with zero attached hydrogens (tertiary/aromatic N) is 5. The van der Waals surface area contributed by atoms with E-state index in [1.165, 1.54) is 0 Å². The number of fused-ring (bicyclic) bond motifs is 1. The Hall–Kier alpha value is -4.20. The maximum atomic E-state index is 12.5. The molecular weight excluding hydrogens is 466 g/mol. The molecule has 0 unspecified atom stereocenters. The van der Waals surface area contributed by atoms with Crippen LogP contribution in [-0.4, -0.2) is 48.1 Å². The van der Waals surface area contributed by atoms with E-state index in [0.717, 1.165) is 71.6 Å². The number of imidazole rings is 1. The summed E-state index contributed by atoms with van der Waals surface area (Å²) in [4.78, 5) is 42.8. The number of hydrogen-bond acceptors (Lipinski definition) is 6. The minimum Gasteiger partial charge on any atom is -0.480 e. The van der Waals surface area contributed by atoms with Crippen LogP contribution in [0.5, 0.6) is 0 Å². The number of carbonyl (C=O) groups is 2. The topological polar surface area (TPSA) is 110 Å². The first-order chi connectivity index (χ1) is 18.0. The van der Waals surface area contributed by atoms with Crippen molar-refractivity contribution in [2.75, 3.05) is 0 Å². The summed E-state index contributed by atoms with van der Waals surface area (Å²) >= 11 is 0. The molecule has 0 aliphatic heterocycles. The van der Waals surface area contributed by atoms with E-state index >= 15 is 0 Å². The lowest BCUT2D eigenvalue weighted by Gasteiger charge is -2.44. The third-order valence-corrected chi connectivity index (χ3v) is 7.68. The molecule has 1 spiro atoms. The number of carbonyl (C=O) groups excluding carboxylic acids is 1. The predicted octanol–water partition coefficient (Wildman–Crippen LogP) is 4.84. The van der Waals surface area contributed by atoms with Crippen molar-refractivity contribution in [3.63, 3.8) is 0 Å². The monoisotopic (exact) mass is 493 g/mol. The van der Waals surface area contributed by atoms with Crippen molar-refractivity contribution < 1.29 is 14.7 Å². The lowest BCUT2D eigenvalue weighted by Crippen LogP contribution is -2.52. The van der Waals surface area contributed by atoms with E-state index in [-0.39, 0.29) is 12.2 Å². The molecule has 3 aromatic heterocycles. The van der Waals surface area contributed by atoms with E-state index in [4.69, 9.17) is 4.98 Å². The SMILES string of the molecule is O=C(O)[C@H](Cc1ccc(-n2c(-c3cccnc3)nc3cccnc32)cc1)N=C1CC(=O)C12CCCCC2. The number of aliphatic imine (C=N–C) groups is 1. The van der Waals surface area contributed by atoms with Crippen molar-refractivity contribution in [3.05, 3.63) is 72.7 Å². The number of hydrogen-bond donors (Lipinski definition) is 1. The summed E-state index contributed by atoms with van der Waals surface area (Å²) in [5, 5.41) is 9.92. The average molecular weight is 494 g/mol. The summed E-state index contributed by atoms with van der Waals surface area (Å²) in [7, 11) is 0. The highest BCUT2D eigenvalue weighted by Crippen LogP contribution is 2.47. The molecule has 4 aromatic rings. The zero-order valence-electron chi connectivity index (χ0n) is 20.4. The molecule has 2 aliphatic carbocycles. The van der Waals surface area contributed by atoms with E-state index in [0.29, 0.717) is 6.42 Å². The molecule has 0 bridgehead atoms. The molecule has 1 N–H and O–H groups in total. The molecule has 6 rings (SSSR count). The molecule has 2 saturated carbocycles. The third kappa shape index (κ3) is 4.12. The number of pyridine rings is 2. The standard InChI is InChI=1S/C29H27N5O3/c35-25-17-24(29(25)12-2-1-3-13-29)32-23(28(36)37)16-19-8-10-21(11-9-19)34-26(20-6-4-14-30-18-20)33-22-7-5-15-31-27(22)34/h4-11,14-15,18,23H,1-3,12-13,16-17H2,(H,36,37)/t23-/m0/s1. The lowest BCUT2D eigenvalue weighted by molar-refractivity contribution is -0.138. The molecule has 2 aliphatic rings. The molecule has 0 amide bonds. The maximum Gasteiger partial charge on any atom is 0.328 e. The van der Waals surface area contributed by atoms with Crippen LogP contribution < -0.4 is 0 Å². The van der Waals surface area contributed by atoms with Gasteiger partial charge in [0, 0.05) is 48.4 Å². The van der Waals surface area contributed by atoms with Crippen LogP contribution >= 0.6 is 0 Å². The fourth-order valence-corrected chi connectivity index (χ4v) is 5.66. The van der Waals surface area contributed by atoms with Crippen LogP contribution in [0.4, 0.5) is 0 Å². The third-order valence-electron chi connectivity index (χ3n) is 7.68. The van der Waals surface area contributed by atoms with Crippen molar-refractivity contribution in [1.82, 2.24) is 19.5 Å². The lowest BCUT2D eigenvalue weighted by atomic mass is 9.58. The normalized spacial score (nSPS) is 18.7. The summed E-state index contributed by atoms with van der Waals surface area (Å²) in [6, 6.07) is 14.5. The van der Waals surface area contributed by atoms with Crippen molar-refractivity contribution >= 4 is 28.6 Å². The fourth-order valence-electron chi connectivity index (χ4n) is 5.66. The van der Waals surface area contributed by atoms with Crippen molar-refractivity contribution in [3.8, 4) is 17.1 Å². The van der Waals surface area contributed by atoms with E-state index in [9.17, 15) is 14.7 Å². The Bertz CT molecular complexity index is 1500. The van der Waals surface area contributed by atoms with Crippen LogP contribution in [0.1, 0.15) is 44.1 Å². The zero-order chi connectivity index (χ0) is 25.4. The van der Waals surface area contributed by atoms with Gasteiger partial charge >= 0.3 is 5.97 Å². The van der Waals surface area contributed by atoms with E-state index in [1.807, 2.05) is 53.1 Å². The average Bonchev–Trinajstić information content (AvgIpc) is 3.33. The summed E-state index contributed by atoms with van der Waals surface area (Å²) in [5.41, 5.74) is 4.41. The Labute approximate surface area is 214 Å². The maximum absolute atomic E-state index is 12.5. The molecule has 1 aromatic carbocycles. The van der Waals surface area contributed by atoms with Crippen LogP contribution in [0.3, 0.4) is 0 Å². The van der Waals surface area contributed by atoms with Gasteiger partial charge in [-0.3, -0.25) is 19.3 Å². The molecule has 2 fully saturated rings. The minimum absolute atomic E-state index is 0.227. The number of ketones is 1. The van der Waals surface area contributed by atoms with Crippen LogP contribution in [0.15, 0.2) is 72.1 Å². The molecule has 3 heterocycles. The number of carboxylic acid groups (broad SMARTS) is 1. The fraction of sp³-hybridized carbons (Fsp3) is 0.310. The first kappa shape index (κ1) is 23.2. The Balaban J connectivity index is 1.30. The van der Waals surface area contributed by atoms with Crippen molar-refractivity contribution in [2.24, 2.45) is 10.4 Å². The Kier molecular flexibility index (Phi) is 5.87. The van der Waals surface area contributed by atoms with Gasteiger partial charge in [0.2, 0.25) is 0 Å². The minimum atomic E-state index is -0.967. The summed E-state index contributed by atoms with van der Waals surface area (Å²) in [6.45, 7) is 0. The Morgan fingerprint density at radius 3 is 2.54 bits per heavy atom. The smallest absolute Gasteiger partial charge is 0.328 e. The molecule has 186 valence electrons. The zero-order valence-corrected chi connectivity index (χ0v) is 20.4. The second kappa shape index (κ2) is 9.35. The van der Waals surface area contributed by atoms with Gasteiger partial charge in [-0.1, -0.05) is 31.4 Å². The molecule has 1 atom stereocenters. The quantitative estimate of drug-likeness (QED) is 0.411.